The molecule has 1 saturated heterocycles. The van der Waals surface area contributed by atoms with E-state index in [4.69, 9.17) is 4.74 Å². The largest absolute Gasteiger partial charge is 0.573 e. The molecule has 2 aromatic carbocycles. The molecular formula is C22H19F3N2O3. The highest BCUT2D eigenvalue weighted by atomic mass is 19.4. The van der Waals surface area contributed by atoms with Crippen LogP contribution in [0.25, 0.3) is 11.1 Å². The fraction of sp³-hybridized carbons (Fsp3) is 0.273. The second-order valence-corrected chi connectivity index (χ2v) is 6.75. The molecule has 0 unspecified atom stereocenters. The van der Waals surface area contributed by atoms with Crippen LogP contribution >= 0.6 is 0 Å². The standard InChI is InChI=1S/C22H19F3N2O3/c1-2-21(28)27-9-7-17(8-10-27)29-18-12-15(14-26)11-16(13-18)19-5-3-4-6-20(19)30-22(23,24)25/h2-6,11-13,17H,1,7-10H2. The Bertz CT molecular complexity index is 974. The summed E-state index contributed by atoms with van der Waals surface area (Å²) in [5, 5.41) is 9.35. The van der Waals surface area contributed by atoms with Gasteiger partial charge in [0.1, 0.15) is 17.6 Å². The number of hydrogen-bond donors (Lipinski definition) is 0. The van der Waals surface area contributed by atoms with Crippen LogP contribution in [0.15, 0.2) is 55.1 Å². The monoisotopic (exact) mass is 416 g/mol. The van der Waals surface area contributed by atoms with Crippen molar-refractivity contribution < 1.29 is 27.4 Å². The average Bonchev–Trinajstić information content (AvgIpc) is 2.72. The number of para-hydroxylation sites is 1. The number of rotatable bonds is 5. The quantitative estimate of drug-likeness (QED) is 0.664. The Labute approximate surface area is 171 Å². The third-order valence-electron chi connectivity index (χ3n) is 4.69. The molecule has 0 saturated carbocycles. The Hall–Kier alpha value is -3.47. The first-order valence-electron chi connectivity index (χ1n) is 9.27. The van der Waals surface area contributed by atoms with E-state index in [1.165, 1.54) is 36.4 Å². The highest BCUT2D eigenvalue weighted by molar-refractivity contribution is 5.87. The number of amides is 1. The number of piperidine rings is 1. The zero-order chi connectivity index (χ0) is 21.7. The topological polar surface area (TPSA) is 62.6 Å². The molecule has 0 bridgehead atoms. The normalized spacial score (nSPS) is 14.7. The number of hydrogen-bond acceptors (Lipinski definition) is 4. The molecule has 0 radical (unpaired) electrons. The van der Waals surface area contributed by atoms with Crippen LogP contribution in [0.3, 0.4) is 0 Å². The van der Waals surface area contributed by atoms with E-state index in [0.717, 1.165) is 0 Å². The molecule has 0 atom stereocenters. The molecule has 30 heavy (non-hydrogen) atoms. The molecule has 1 aliphatic heterocycles. The number of alkyl halides is 3. The number of halogens is 3. The number of nitriles is 1. The summed E-state index contributed by atoms with van der Waals surface area (Å²) in [4.78, 5) is 13.4. The van der Waals surface area contributed by atoms with Crippen molar-refractivity contribution in [2.45, 2.75) is 25.3 Å². The Morgan fingerprint density at radius 3 is 2.53 bits per heavy atom. The van der Waals surface area contributed by atoms with Crippen LogP contribution in [-0.2, 0) is 4.79 Å². The molecule has 8 heteroatoms. The van der Waals surface area contributed by atoms with Crippen molar-refractivity contribution in [1.82, 2.24) is 4.90 Å². The molecule has 2 aromatic rings. The van der Waals surface area contributed by atoms with Gasteiger partial charge in [-0.2, -0.15) is 5.26 Å². The van der Waals surface area contributed by atoms with Crippen molar-refractivity contribution in [3.63, 3.8) is 0 Å². The van der Waals surface area contributed by atoms with Crippen LogP contribution in [0, 0.1) is 11.3 Å². The van der Waals surface area contributed by atoms with Crippen LogP contribution in [0.5, 0.6) is 11.5 Å². The van der Waals surface area contributed by atoms with Crippen LogP contribution in [0.4, 0.5) is 13.2 Å². The van der Waals surface area contributed by atoms with E-state index in [1.54, 1.807) is 17.0 Å². The van der Waals surface area contributed by atoms with E-state index in [-0.39, 0.29) is 28.9 Å². The summed E-state index contributed by atoms with van der Waals surface area (Å²) in [7, 11) is 0. The van der Waals surface area contributed by atoms with Crippen molar-refractivity contribution in [3.05, 3.63) is 60.7 Å². The van der Waals surface area contributed by atoms with Crippen molar-refractivity contribution in [2.24, 2.45) is 0 Å². The van der Waals surface area contributed by atoms with Gasteiger partial charge in [0.05, 0.1) is 11.6 Å². The van der Waals surface area contributed by atoms with Gasteiger partial charge in [0.25, 0.3) is 0 Å². The molecule has 156 valence electrons. The van der Waals surface area contributed by atoms with E-state index < -0.39 is 6.36 Å². The number of carbonyl (C=O) groups is 1. The Kier molecular flexibility index (Phi) is 6.31. The van der Waals surface area contributed by atoms with Gasteiger partial charge in [-0.1, -0.05) is 24.8 Å². The van der Waals surface area contributed by atoms with E-state index in [2.05, 4.69) is 11.3 Å². The first-order valence-corrected chi connectivity index (χ1v) is 9.27. The van der Waals surface area contributed by atoms with Gasteiger partial charge in [-0.15, -0.1) is 13.2 Å². The molecular weight excluding hydrogens is 397 g/mol. The van der Waals surface area contributed by atoms with E-state index in [1.807, 2.05) is 6.07 Å². The summed E-state index contributed by atoms with van der Waals surface area (Å²) in [6.07, 6.45) is -2.55. The third kappa shape index (κ3) is 5.32. The fourth-order valence-electron chi connectivity index (χ4n) is 3.32. The highest BCUT2D eigenvalue weighted by Crippen LogP contribution is 2.36. The zero-order valence-electron chi connectivity index (χ0n) is 16.0. The van der Waals surface area contributed by atoms with Crippen LogP contribution in [0.2, 0.25) is 0 Å². The van der Waals surface area contributed by atoms with Gasteiger partial charge in [-0.25, -0.2) is 0 Å². The molecule has 0 N–H and O–H groups in total. The van der Waals surface area contributed by atoms with Crippen molar-refractivity contribution in [2.75, 3.05) is 13.1 Å². The molecule has 0 aliphatic carbocycles. The summed E-state index contributed by atoms with van der Waals surface area (Å²) in [5.74, 6) is -0.120. The summed E-state index contributed by atoms with van der Waals surface area (Å²) in [6, 6.07) is 12.3. The molecule has 3 rings (SSSR count). The van der Waals surface area contributed by atoms with Gasteiger partial charge in [0, 0.05) is 31.5 Å². The molecule has 1 fully saturated rings. The summed E-state index contributed by atoms with van der Waals surface area (Å²) in [6.45, 7) is 4.51. The predicted molar refractivity (Wildman–Crippen MR) is 104 cm³/mol. The predicted octanol–water partition coefficient (Wildman–Crippen LogP) is 4.68. The smallest absolute Gasteiger partial charge is 0.490 e. The first kappa shape index (κ1) is 21.2. The van der Waals surface area contributed by atoms with Crippen LogP contribution in [-0.4, -0.2) is 36.4 Å². The molecule has 0 spiro atoms. The fourth-order valence-corrected chi connectivity index (χ4v) is 3.32. The lowest BCUT2D eigenvalue weighted by atomic mass is 10.0. The first-order chi connectivity index (χ1) is 14.3. The summed E-state index contributed by atoms with van der Waals surface area (Å²) in [5.41, 5.74) is 0.829. The Morgan fingerprint density at radius 2 is 1.90 bits per heavy atom. The SMILES string of the molecule is C=CC(=O)N1CCC(Oc2cc(C#N)cc(-c3ccccc3OC(F)(F)F)c2)CC1. The Morgan fingerprint density at radius 1 is 1.20 bits per heavy atom. The lowest BCUT2D eigenvalue weighted by molar-refractivity contribution is -0.274. The van der Waals surface area contributed by atoms with E-state index in [9.17, 15) is 23.2 Å². The van der Waals surface area contributed by atoms with Crippen LogP contribution in [0.1, 0.15) is 18.4 Å². The van der Waals surface area contributed by atoms with Crippen LogP contribution < -0.4 is 9.47 Å². The number of nitrogens with zero attached hydrogens (tertiary/aromatic N) is 2. The lowest BCUT2D eigenvalue weighted by Crippen LogP contribution is -2.41. The minimum absolute atomic E-state index is 0.136. The maximum atomic E-state index is 12.8. The van der Waals surface area contributed by atoms with Crippen molar-refractivity contribution in [3.8, 4) is 28.7 Å². The molecule has 1 amide bonds. The number of benzene rings is 2. The minimum atomic E-state index is -4.83. The van der Waals surface area contributed by atoms with E-state index >= 15 is 0 Å². The molecule has 5 nitrogen and oxygen atoms in total. The van der Waals surface area contributed by atoms with Gasteiger partial charge >= 0.3 is 6.36 Å². The van der Waals surface area contributed by atoms with Gasteiger partial charge in [0.15, 0.2) is 0 Å². The summed E-state index contributed by atoms with van der Waals surface area (Å²) < 4.78 is 48.4. The van der Waals surface area contributed by atoms with E-state index in [0.29, 0.717) is 37.2 Å². The number of carbonyl (C=O) groups excluding carboxylic acids is 1. The molecule has 0 aromatic heterocycles. The lowest BCUT2D eigenvalue weighted by Gasteiger charge is -2.31. The second kappa shape index (κ2) is 8.91. The van der Waals surface area contributed by atoms with Gasteiger partial charge in [0.2, 0.25) is 5.91 Å². The van der Waals surface area contributed by atoms with Gasteiger partial charge in [-0.3, -0.25) is 4.79 Å². The Balaban J connectivity index is 1.83. The van der Waals surface area contributed by atoms with Crippen molar-refractivity contribution >= 4 is 5.91 Å². The van der Waals surface area contributed by atoms with Gasteiger partial charge in [-0.05, 0) is 35.9 Å². The average molecular weight is 416 g/mol. The second-order valence-electron chi connectivity index (χ2n) is 6.75. The summed E-state index contributed by atoms with van der Waals surface area (Å²) >= 11 is 0. The minimum Gasteiger partial charge on any atom is -0.490 e. The number of likely N-dealkylation sites (tertiary alicyclic amines) is 1. The number of ether oxygens (including phenoxy) is 2. The van der Waals surface area contributed by atoms with Gasteiger partial charge < -0.3 is 14.4 Å². The molecule has 1 aliphatic rings. The maximum absolute atomic E-state index is 12.8. The zero-order valence-corrected chi connectivity index (χ0v) is 16.0. The van der Waals surface area contributed by atoms with Crippen molar-refractivity contribution in [1.29, 1.82) is 5.26 Å². The highest BCUT2D eigenvalue weighted by Gasteiger charge is 2.32. The maximum Gasteiger partial charge on any atom is 0.573 e. The molecule has 1 heterocycles. The third-order valence-corrected chi connectivity index (χ3v) is 4.69.